The second kappa shape index (κ2) is 7.01. The van der Waals surface area contributed by atoms with Crippen molar-refractivity contribution in [3.8, 4) is 5.75 Å². The molecule has 7 nitrogen and oxygen atoms in total. The number of rotatable bonds is 5. The number of ether oxygens (including phenoxy) is 1. The number of hydrogen-bond acceptors (Lipinski definition) is 5. The molecule has 1 heterocycles. The molecule has 0 saturated carbocycles. The van der Waals surface area contributed by atoms with Crippen LogP contribution in [0.5, 0.6) is 5.75 Å². The highest BCUT2D eigenvalue weighted by atomic mass is 79.9. The first-order valence-electron chi connectivity index (χ1n) is 6.31. The molecule has 1 aromatic carbocycles. The Bertz CT molecular complexity index is 804. The zero-order chi connectivity index (χ0) is 17.0. The van der Waals surface area contributed by atoms with Gasteiger partial charge in [-0.25, -0.2) is 9.78 Å². The summed E-state index contributed by atoms with van der Waals surface area (Å²) in [6.45, 7) is 0. The number of carboxylic acid groups (broad SMARTS) is 1. The number of carbonyl (C=O) groups is 1. The summed E-state index contributed by atoms with van der Waals surface area (Å²) in [5, 5.41) is 19.9. The minimum Gasteiger partial charge on any atom is -0.496 e. The highest BCUT2D eigenvalue weighted by molar-refractivity contribution is 9.10. The lowest BCUT2D eigenvalue weighted by Gasteiger charge is -2.05. The Hall–Kier alpha value is -2.74. The van der Waals surface area contributed by atoms with Gasteiger partial charge in [-0.2, -0.15) is 0 Å². The number of pyridine rings is 1. The predicted molar refractivity (Wildman–Crippen MR) is 87.5 cm³/mol. The normalized spacial score (nSPS) is 10.7. The van der Waals surface area contributed by atoms with E-state index < -0.39 is 10.9 Å². The van der Waals surface area contributed by atoms with Gasteiger partial charge in [0, 0.05) is 16.1 Å². The van der Waals surface area contributed by atoms with E-state index in [1.54, 1.807) is 18.2 Å². The molecule has 0 radical (unpaired) electrons. The van der Waals surface area contributed by atoms with E-state index in [2.05, 4.69) is 20.9 Å². The maximum atomic E-state index is 11.3. The SMILES string of the molecule is COc1ccc(Br)cc1C=Cc1ncc([N+](=O)[O-])cc1C(=O)O. The summed E-state index contributed by atoms with van der Waals surface area (Å²) in [5.74, 6) is -0.690. The Morgan fingerprint density at radius 3 is 2.74 bits per heavy atom. The third kappa shape index (κ3) is 3.92. The van der Waals surface area contributed by atoms with Crippen molar-refractivity contribution in [2.45, 2.75) is 0 Å². The Morgan fingerprint density at radius 1 is 1.39 bits per heavy atom. The number of methoxy groups -OCH3 is 1. The summed E-state index contributed by atoms with van der Waals surface area (Å²) in [6, 6.07) is 6.34. The van der Waals surface area contributed by atoms with Crippen molar-refractivity contribution >= 4 is 39.7 Å². The van der Waals surface area contributed by atoms with Crippen LogP contribution in [-0.4, -0.2) is 28.1 Å². The summed E-state index contributed by atoms with van der Waals surface area (Å²) in [7, 11) is 1.52. The number of aromatic nitrogens is 1. The molecule has 0 fully saturated rings. The minimum absolute atomic E-state index is 0.116. The molecule has 0 unspecified atom stereocenters. The van der Waals surface area contributed by atoms with Gasteiger partial charge in [0.05, 0.1) is 23.3 Å². The average Bonchev–Trinajstić information content (AvgIpc) is 2.52. The van der Waals surface area contributed by atoms with E-state index in [9.17, 15) is 20.0 Å². The van der Waals surface area contributed by atoms with E-state index in [4.69, 9.17) is 4.74 Å². The molecule has 1 aromatic heterocycles. The average molecular weight is 379 g/mol. The number of carboxylic acids is 1. The number of nitrogens with zero attached hydrogens (tertiary/aromatic N) is 2. The summed E-state index contributed by atoms with van der Waals surface area (Å²) >= 11 is 3.34. The standard InChI is InChI=1S/C15H11BrN2O5/c1-23-14-5-3-10(16)6-9(14)2-4-13-12(15(19)20)7-11(8-17-13)18(21)22/h2-8H,1H3,(H,19,20). The molecule has 0 aliphatic rings. The molecule has 8 heteroatoms. The van der Waals surface area contributed by atoms with Gasteiger partial charge < -0.3 is 9.84 Å². The monoisotopic (exact) mass is 378 g/mol. The molecule has 0 amide bonds. The molecule has 0 saturated heterocycles. The zero-order valence-corrected chi connectivity index (χ0v) is 13.5. The highest BCUT2D eigenvalue weighted by Crippen LogP contribution is 2.25. The maximum Gasteiger partial charge on any atom is 0.338 e. The Kier molecular flexibility index (Phi) is 5.07. The first kappa shape index (κ1) is 16.6. The fourth-order valence-electron chi connectivity index (χ4n) is 1.87. The van der Waals surface area contributed by atoms with Crippen LogP contribution in [0.3, 0.4) is 0 Å². The van der Waals surface area contributed by atoms with Crippen molar-refractivity contribution in [2.75, 3.05) is 7.11 Å². The van der Waals surface area contributed by atoms with Crippen molar-refractivity contribution in [1.29, 1.82) is 0 Å². The zero-order valence-electron chi connectivity index (χ0n) is 11.9. The molecule has 2 aromatic rings. The van der Waals surface area contributed by atoms with E-state index >= 15 is 0 Å². The fourth-order valence-corrected chi connectivity index (χ4v) is 2.25. The number of aromatic carboxylic acids is 1. The Morgan fingerprint density at radius 2 is 2.13 bits per heavy atom. The van der Waals surface area contributed by atoms with Gasteiger partial charge in [0.1, 0.15) is 11.9 Å². The van der Waals surface area contributed by atoms with Crippen molar-refractivity contribution in [3.05, 3.63) is 61.9 Å². The molecule has 2 rings (SSSR count). The van der Waals surface area contributed by atoms with E-state index in [1.807, 2.05) is 6.07 Å². The van der Waals surface area contributed by atoms with Crippen LogP contribution in [0.1, 0.15) is 21.6 Å². The van der Waals surface area contributed by atoms with Crippen LogP contribution in [0, 0.1) is 10.1 Å². The van der Waals surface area contributed by atoms with Crippen LogP contribution < -0.4 is 4.74 Å². The van der Waals surface area contributed by atoms with Gasteiger partial charge in [0.2, 0.25) is 0 Å². The van der Waals surface area contributed by atoms with Gasteiger partial charge in [0.15, 0.2) is 0 Å². The largest absolute Gasteiger partial charge is 0.496 e. The van der Waals surface area contributed by atoms with E-state index in [0.29, 0.717) is 11.3 Å². The van der Waals surface area contributed by atoms with Crippen LogP contribution in [-0.2, 0) is 0 Å². The molecule has 0 bridgehead atoms. The number of hydrogen-bond donors (Lipinski definition) is 1. The van der Waals surface area contributed by atoms with Crippen molar-refractivity contribution in [1.82, 2.24) is 4.98 Å². The lowest BCUT2D eigenvalue weighted by atomic mass is 10.1. The molecule has 0 aliphatic carbocycles. The van der Waals surface area contributed by atoms with Crippen LogP contribution in [0.25, 0.3) is 12.2 Å². The van der Waals surface area contributed by atoms with Gasteiger partial charge in [-0.15, -0.1) is 0 Å². The molecule has 118 valence electrons. The number of nitro groups is 1. The summed E-state index contributed by atoms with van der Waals surface area (Å²) in [6.07, 6.45) is 4.12. The van der Waals surface area contributed by atoms with E-state index in [1.165, 1.54) is 13.2 Å². The number of benzene rings is 1. The number of halogens is 1. The van der Waals surface area contributed by atoms with Crippen molar-refractivity contribution < 1.29 is 19.6 Å². The highest BCUT2D eigenvalue weighted by Gasteiger charge is 2.16. The Balaban J connectivity index is 2.45. The van der Waals surface area contributed by atoms with Crippen molar-refractivity contribution in [2.24, 2.45) is 0 Å². The summed E-state index contributed by atoms with van der Waals surface area (Å²) in [4.78, 5) is 25.1. The smallest absolute Gasteiger partial charge is 0.338 e. The summed E-state index contributed by atoms with van der Waals surface area (Å²) in [5.41, 5.74) is 0.201. The van der Waals surface area contributed by atoms with E-state index in [0.717, 1.165) is 16.7 Å². The van der Waals surface area contributed by atoms with Gasteiger partial charge >= 0.3 is 5.97 Å². The minimum atomic E-state index is -1.29. The third-order valence-corrected chi connectivity index (χ3v) is 3.45. The summed E-state index contributed by atoms with van der Waals surface area (Å²) < 4.78 is 6.05. The van der Waals surface area contributed by atoms with E-state index in [-0.39, 0.29) is 16.9 Å². The molecule has 1 N–H and O–H groups in total. The molecular weight excluding hydrogens is 368 g/mol. The molecule has 0 atom stereocenters. The molecule has 0 aliphatic heterocycles. The fraction of sp³-hybridized carbons (Fsp3) is 0.0667. The quantitative estimate of drug-likeness (QED) is 0.629. The maximum absolute atomic E-state index is 11.3. The van der Waals surface area contributed by atoms with Crippen molar-refractivity contribution in [3.63, 3.8) is 0 Å². The molecule has 0 spiro atoms. The van der Waals surface area contributed by atoms with Crippen LogP contribution in [0.15, 0.2) is 34.9 Å². The lowest BCUT2D eigenvalue weighted by molar-refractivity contribution is -0.385. The van der Waals surface area contributed by atoms with Crippen LogP contribution in [0.4, 0.5) is 5.69 Å². The topological polar surface area (TPSA) is 103 Å². The predicted octanol–water partition coefficient (Wildman–Crippen LogP) is 3.63. The second-order valence-electron chi connectivity index (χ2n) is 4.41. The van der Waals surface area contributed by atoms with Gasteiger partial charge in [-0.05, 0) is 30.4 Å². The van der Waals surface area contributed by atoms with Gasteiger partial charge in [0.25, 0.3) is 5.69 Å². The first-order valence-corrected chi connectivity index (χ1v) is 7.11. The second-order valence-corrected chi connectivity index (χ2v) is 5.32. The Labute approximate surface area is 139 Å². The van der Waals surface area contributed by atoms with Gasteiger partial charge in [-0.1, -0.05) is 15.9 Å². The first-order chi connectivity index (χ1) is 10.9. The van der Waals surface area contributed by atoms with Crippen LogP contribution >= 0.6 is 15.9 Å². The van der Waals surface area contributed by atoms with Crippen LogP contribution in [0.2, 0.25) is 0 Å². The lowest BCUT2D eigenvalue weighted by Crippen LogP contribution is -2.03. The molecule has 23 heavy (non-hydrogen) atoms. The van der Waals surface area contributed by atoms with Gasteiger partial charge in [-0.3, -0.25) is 10.1 Å². The molecular formula is C15H11BrN2O5. The third-order valence-electron chi connectivity index (χ3n) is 2.96.